The zero-order valence-corrected chi connectivity index (χ0v) is 15.9. The number of ketones is 1. The van der Waals surface area contributed by atoms with Crippen LogP contribution in [-0.2, 0) is 16.0 Å². The molecule has 0 radical (unpaired) electrons. The van der Waals surface area contributed by atoms with E-state index in [1.54, 1.807) is 29.2 Å². The van der Waals surface area contributed by atoms with Crippen LogP contribution in [0.5, 0.6) is 0 Å². The van der Waals surface area contributed by atoms with Gasteiger partial charge >= 0.3 is 0 Å². The molecule has 0 bridgehead atoms. The third-order valence-electron chi connectivity index (χ3n) is 5.19. The Bertz CT molecular complexity index is 1040. The molecule has 1 atom stereocenters. The van der Waals surface area contributed by atoms with Crippen LogP contribution in [0.4, 0.5) is 0 Å². The number of likely N-dealkylation sites (tertiary alicyclic amines) is 1. The van der Waals surface area contributed by atoms with Gasteiger partial charge in [-0.15, -0.1) is 0 Å². The van der Waals surface area contributed by atoms with E-state index in [0.717, 1.165) is 11.1 Å². The van der Waals surface area contributed by atoms with E-state index in [0.29, 0.717) is 18.5 Å². The second-order valence-corrected chi connectivity index (χ2v) is 7.00. The van der Waals surface area contributed by atoms with Crippen molar-refractivity contribution in [1.82, 2.24) is 4.90 Å². The van der Waals surface area contributed by atoms with Crippen LogP contribution in [0.3, 0.4) is 0 Å². The lowest BCUT2D eigenvalue weighted by molar-refractivity contribution is -0.139. The van der Waals surface area contributed by atoms with Gasteiger partial charge in [-0.05, 0) is 17.5 Å². The number of carbonyl (C=O) groups is 2. The summed E-state index contributed by atoms with van der Waals surface area (Å²) in [6, 6.07) is 27.5. The third-order valence-corrected chi connectivity index (χ3v) is 5.19. The maximum atomic E-state index is 12.9. The highest BCUT2D eigenvalue weighted by Gasteiger charge is 2.45. The van der Waals surface area contributed by atoms with Gasteiger partial charge in [0.05, 0.1) is 11.6 Å². The first-order valence-electron chi connectivity index (χ1n) is 9.59. The lowest BCUT2D eigenvalue weighted by Crippen LogP contribution is -2.31. The molecule has 0 unspecified atom stereocenters. The summed E-state index contributed by atoms with van der Waals surface area (Å²) >= 11 is 0. The van der Waals surface area contributed by atoms with Crippen LogP contribution in [0.2, 0.25) is 0 Å². The molecule has 29 heavy (non-hydrogen) atoms. The normalized spacial score (nSPS) is 18.2. The summed E-state index contributed by atoms with van der Waals surface area (Å²) in [7, 11) is 0. The second kappa shape index (κ2) is 8.15. The zero-order chi connectivity index (χ0) is 20.2. The number of benzene rings is 3. The molecule has 3 aromatic carbocycles. The molecule has 1 aliphatic heterocycles. The van der Waals surface area contributed by atoms with Crippen molar-refractivity contribution < 1.29 is 14.7 Å². The minimum absolute atomic E-state index is 0.139. The van der Waals surface area contributed by atoms with Crippen molar-refractivity contribution in [3.8, 4) is 0 Å². The maximum Gasteiger partial charge on any atom is 0.295 e. The van der Waals surface area contributed by atoms with Crippen molar-refractivity contribution in [3.05, 3.63) is 113 Å². The van der Waals surface area contributed by atoms with E-state index in [9.17, 15) is 14.7 Å². The molecule has 0 aromatic heterocycles. The molecule has 0 saturated carbocycles. The average molecular weight is 383 g/mol. The van der Waals surface area contributed by atoms with Gasteiger partial charge in [-0.1, -0.05) is 91.0 Å². The first-order valence-corrected chi connectivity index (χ1v) is 9.59. The van der Waals surface area contributed by atoms with Crippen LogP contribution in [-0.4, -0.2) is 28.2 Å². The molecule has 0 spiro atoms. The van der Waals surface area contributed by atoms with Gasteiger partial charge in [-0.25, -0.2) is 0 Å². The predicted molar refractivity (Wildman–Crippen MR) is 112 cm³/mol. The Morgan fingerprint density at radius 1 is 0.793 bits per heavy atom. The summed E-state index contributed by atoms with van der Waals surface area (Å²) in [5.41, 5.74) is 2.55. The number of nitrogens with zero attached hydrogens (tertiary/aromatic N) is 1. The molecule has 1 aliphatic rings. The Morgan fingerprint density at radius 3 is 1.97 bits per heavy atom. The lowest BCUT2D eigenvalue weighted by atomic mass is 9.95. The van der Waals surface area contributed by atoms with Gasteiger partial charge in [0.25, 0.3) is 11.7 Å². The molecule has 1 amide bonds. The Kier molecular flexibility index (Phi) is 5.25. The molecule has 1 saturated heterocycles. The molecule has 4 nitrogen and oxygen atoms in total. The van der Waals surface area contributed by atoms with Crippen LogP contribution in [0, 0.1) is 0 Å². The number of rotatable bonds is 5. The van der Waals surface area contributed by atoms with E-state index in [2.05, 4.69) is 0 Å². The minimum Gasteiger partial charge on any atom is -0.507 e. The van der Waals surface area contributed by atoms with Crippen LogP contribution in [0.1, 0.15) is 22.7 Å². The number of aliphatic hydroxyl groups is 1. The summed E-state index contributed by atoms with van der Waals surface area (Å²) in [6.07, 6.45) is 0.628. The number of amides is 1. The summed E-state index contributed by atoms with van der Waals surface area (Å²) in [5.74, 6) is -1.36. The molecule has 1 N–H and O–H groups in total. The molecule has 1 heterocycles. The van der Waals surface area contributed by atoms with Crippen LogP contribution >= 0.6 is 0 Å². The van der Waals surface area contributed by atoms with Gasteiger partial charge in [-0.3, -0.25) is 9.59 Å². The lowest BCUT2D eigenvalue weighted by Gasteiger charge is -2.25. The molecular formula is C25H21NO3. The average Bonchev–Trinajstić information content (AvgIpc) is 3.04. The van der Waals surface area contributed by atoms with E-state index in [-0.39, 0.29) is 11.3 Å². The van der Waals surface area contributed by atoms with Gasteiger partial charge in [0.15, 0.2) is 0 Å². The zero-order valence-electron chi connectivity index (χ0n) is 15.9. The highest BCUT2D eigenvalue weighted by molar-refractivity contribution is 6.46. The van der Waals surface area contributed by atoms with Crippen molar-refractivity contribution in [2.45, 2.75) is 12.5 Å². The van der Waals surface area contributed by atoms with Crippen molar-refractivity contribution in [1.29, 1.82) is 0 Å². The summed E-state index contributed by atoms with van der Waals surface area (Å²) in [5, 5.41) is 10.9. The molecule has 1 fully saturated rings. The SMILES string of the molecule is O=C1C(=O)N(CCc2ccccc2)[C@H](c2ccccc2)/C1=C(\O)c1ccccc1. The first kappa shape index (κ1) is 18.7. The number of aliphatic hydroxyl groups excluding tert-OH is 1. The van der Waals surface area contributed by atoms with Gasteiger partial charge in [0.2, 0.25) is 0 Å². The van der Waals surface area contributed by atoms with E-state index in [1.165, 1.54) is 0 Å². The fraction of sp³-hybridized carbons (Fsp3) is 0.120. The van der Waals surface area contributed by atoms with Gasteiger partial charge in [-0.2, -0.15) is 0 Å². The Hall–Kier alpha value is -3.66. The van der Waals surface area contributed by atoms with Crippen LogP contribution in [0.15, 0.2) is 96.6 Å². The number of carbonyl (C=O) groups excluding carboxylic acids is 2. The van der Waals surface area contributed by atoms with Crippen molar-refractivity contribution in [2.24, 2.45) is 0 Å². The monoisotopic (exact) mass is 383 g/mol. The van der Waals surface area contributed by atoms with Crippen LogP contribution < -0.4 is 0 Å². The second-order valence-electron chi connectivity index (χ2n) is 7.00. The van der Waals surface area contributed by atoms with Crippen molar-refractivity contribution in [3.63, 3.8) is 0 Å². The molecule has 0 aliphatic carbocycles. The van der Waals surface area contributed by atoms with E-state index in [1.807, 2.05) is 66.7 Å². The molecule has 3 aromatic rings. The molecule has 144 valence electrons. The quantitative estimate of drug-likeness (QED) is 0.405. The Morgan fingerprint density at radius 2 is 1.34 bits per heavy atom. The molecule has 4 heteroatoms. The highest BCUT2D eigenvalue weighted by Crippen LogP contribution is 2.39. The standard InChI is InChI=1S/C25H21NO3/c27-23(20-14-8-3-9-15-20)21-22(19-12-6-2-7-13-19)26(25(29)24(21)28)17-16-18-10-4-1-5-11-18/h1-15,22,27H,16-17H2/b23-21+/t22-/m1/s1. The van der Waals surface area contributed by atoms with Crippen molar-refractivity contribution in [2.75, 3.05) is 6.54 Å². The third kappa shape index (κ3) is 3.69. The summed E-state index contributed by atoms with van der Waals surface area (Å²) < 4.78 is 0. The largest absolute Gasteiger partial charge is 0.507 e. The van der Waals surface area contributed by atoms with E-state index in [4.69, 9.17) is 0 Å². The fourth-order valence-corrected chi connectivity index (χ4v) is 3.74. The van der Waals surface area contributed by atoms with Gasteiger partial charge in [0, 0.05) is 12.1 Å². The van der Waals surface area contributed by atoms with Gasteiger partial charge < -0.3 is 10.0 Å². The van der Waals surface area contributed by atoms with E-state index >= 15 is 0 Å². The highest BCUT2D eigenvalue weighted by atomic mass is 16.3. The Balaban J connectivity index is 1.76. The minimum atomic E-state index is -0.645. The molecular weight excluding hydrogens is 362 g/mol. The Labute approximate surface area is 169 Å². The maximum absolute atomic E-state index is 12.9. The smallest absolute Gasteiger partial charge is 0.295 e. The summed E-state index contributed by atoms with van der Waals surface area (Å²) in [6.45, 7) is 0.389. The van der Waals surface area contributed by atoms with Crippen LogP contribution in [0.25, 0.3) is 5.76 Å². The fourth-order valence-electron chi connectivity index (χ4n) is 3.74. The predicted octanol–water partition coefficient (Wildman–Crippen LogP) is 4.35. The topological polar surface area (TPSA) is 57.6 Å². The van der Waals surface area contributed by atoms with E-state index < -0.39 is 17.7 Å². The molecule has 4 rings (SSSR count). The van der Waals surface area contributed by atoms with Gasteiger partial charge in [0.1, 0.15) is 5.76 Å². The summed E-state index contributed by atoms with van der Waals surface area (Å²) in [4.78, 5) is 27.4. The number of Topliss-reactive ketones (excluding diaryl/α,β-unsaturated/α-hetero) is 1. The number of hydrogen-bond donors (Lipinski definition) is 1. The van der Waals surface area contributed by atoms with Crippen molar-refractivity contribution >= 4 is 17.4 Å². The first-order chi connectivity index (χ1) is 14.2. The number of hydrogen-bond acceptors (Lipinski definition) is 3.